The van der Waals surface area contributed by atoms with Crippen LogP contribution in [0.5, 0.6) is 0 Å². The number of halogens is 5. The molecule has 7 nitrogen and oxygen atoms in total. The predicted octanol–water partition coefficient (Wildman–Crippen LogP) is 5.70. The molecule has 4 rings (SSSR count). The van der Waals surface area contributed by atoms with Gasteiger partial charge in [0, 0.05) is 31.0 Å². The summed E-state index contributed by atoms with van der Waals surface area (Å²) in [7, 11) is 0. The second-order valence-corrected chi connectivity index (χ2v) is 9.33. The van der Waals surface area contributed by atoms with Gasteiger partial charge in [0.05, 0.1) is 29.0 Å². The van der Waals surface area contributed by atoms with E-state index in [1.165, 1.54) is 25.3 Å². The Hall–Kier alpha value is -3.41. The number of benzene rings is 1. The Morgan fingerprint density at radius 3 is 2.47 bits per heavy atom. The van der Waals surface area contributed by atoms with Gasteiger partial charge in [-0.25, -0.2) is 31.9 Å². The van der Waals surface area contributed by atoms with Crippen molar-refractivity contribution < 1.29 is 31.5 Å². The van der Waals surface area contributed by atoms with Crippen molar-refractivity contribution in [1.29, 1.82) is 0 Å². The lowest BCUT2D eigenvalue weighted by molar-refractivity contribution is -0.144. The number of ether oxygens (including phenoxy) is 1. The molecule has 0 saturated carbocycles. The van der Waals surface area contributed by atoms with Gasteiger partial charge >= 0.3 is 0 Å². The topological polar surface area (TPSA) is 80.2 Å². The number of pyridine rings is 1. The van der Waals surface area contributed by atoms with Gasteiger partial charge in [-0.15, -0.1) is 0 Å². The summed E-state index contributed by atoms with van der Waals surface area (Å²) in [6, 6.07) is 4.71. The van der Waals surface area contributed by atoms with Gasteiger partial charge in [-0.1, -0.05) is 18.2 Å². The van der Waals surface area contributed by atoms with Gasteiger partial charge in [-0.3, -0.25) is 9.78 Å². The van der Waals surface area contributed by atoms with E-state index in [1.807, 2.05) is 0 Å². The van der Waals surface area contributed by atoms with Crippen molar-refractivity contribution in [2.75, 3.05) is 25.0 Å². The summed E-state index contributed by atoms with van der Waals surface area (Å²) in [4.78, 5) is 26.7. The number of aromatic nitrogens is 3. The van der Waals surface area contributed by atoms with Gasteiger partial charge < -0.3 is 15.0 Å². The minimum absolute atomic E-state index is 0.0369. The maximum atomic E-state index is 14.8. The quantitative estimate of drug-likeness (QED) is 0.371. The molecule has 1 fully saturated rings. The van der Waals surface area contributed by atoms with E-state index in [0.29, 0.717) is 41.3 Å². The number of aryl methyl sites for hydroxylation is 1. The third kappa shape index (κ3) is 5.69. The normalized spacial score (nSPS) is 16.3. The Labute approximate surface area is 216 Å². The van der Waals surface area contributed by atoms with Gasteiger partial charge in [-0.05, 0) is 32.8 Å². The minimum atomic E-state index is -2.96. The molecule has 2 aromatic heterocycles. The standard InChI is InChI=1S/C26H28F5N5O2/c1-14(17-5-4-6-18(23(17)29)24(30)31)33-25-19-11-21(32-12-20(19)34-15(2)35-25)26(38-13-22(27)28)7-9-36(10-8-26)16(3)37/h4-6,11-12,14,22,24H,7-10,13H2,1-3H3,(H,33,34,35)/t14-/m1/s1. The summed E-state index contributed by atoms with van der Waals surface area (Å²) in [5.74, 6) is -0.430. The zero-order valence-electron chi connectivity index (χ0n) is 21.1. The minimum Gasteiger partial charge on any atom is -0.363 e. The first-order chi connectivity index (χ1) is 18.0. The van der Waals surface area contributed by atoms with Crippen LogP contribution in [0.25, 0.3) is 10.9 Å². The Bertz CT molecular complexity index is 1310. The van der Waals surface area contributed by atoms with Crippen LogP contribution in [0.15, 0.2) is 30.5 Å². The van der Waals surface area contributed by atoms with Crippen LogP contribution in [0, 0.1) is 12.7 Å². The summed E-state index contributed by atoms with van der Waals surface area (Å²) >= 11 is 0. The van der Waals surface area contributed by atoms with Crippen LogP contribution in [-0.4, -0.2) is 51.9 Å². The lowest BCUT2D eigenvalue weighted by Crippen LogP contribution is -2.46. The van der Waals surface area contributed by atoms with E-state index in [2.05, 4.69) is 20.3 Å². The van der Waals surface area contributed by atoms with Gasteiger partial charge in [0.25, 0.3) is 12.9 Å². The van der Waals surface area contributed by atoms with Crippen LogP contribution < -0.4 is 5.32 Å². The number of alkyl halides is 4. The first-order valence-corrected chi connectivity index (χ1v) is 12.2. The molecule has 0 aliphatic carbocycles. The molecule has 0 unspecified atom stereocenters. The summed E-state index contributed by atoms with van der Waals surface area (Å²) < 4.78 is 73.3. The van der Waals surface area contributed by atoms with Gasteiger partial charge in [0.15, 0.2) is 0 Å². The largest absolute Gasteiger partial charge is 0.363 e. The fraction of sp³-hybridized carbons (Fsp3) is 0.462. The first-order valence-electron chi connectivity index (χ1n) is 12.2. The average molecular weight is 538 g/mol. The second kappa shape index (κ2) is 11.1. The summed E-state index contributed by atoms with van der Waals surface area (Å²) in [6.45, 7) is 4.54. The van der Waals surface area contributed by atoms with Crippen molar-refractivity contribution in [2.24, 2.45) is 0 Å². The van der Waals surface area contributed by atoms with Gasteiger partial charge in [0.2, 0.25) is 5.91 Å². The molecule has 1 aliphatic rings. The van der Waals surface area contributed by atoms with Gasteiger partial charge in [-0.2, -0.15) is 0 Å². The Balaban J connectivity index is 1.73. The number of carbonyl (C=O) groups excluding carboxylic acids is 1. The Morgan fingerprint density at radius 2 is 1.84 bits per heavy atom. The van der Waals surface area contributed by atoms with Crippen molar-refractivity contribution >= 4 is 22.6 Å². The highest BCUT2D eigenvalue weighted by molar-refractivity contribution is 5.89. The molecule has 1 saturated heterocycles. The van der Waals surface area contributed by atoms with Gasteiger partial charge in [0.1, 0.15) is 29.7 Å². The number of likely N-dealkylation sites (tertiary alicyclic amines) is 1. The van der Waals surface area contributed by atoms with E-state index >= 15 is 0 Å². The lowest BCUT2D eigenvalue weighted by Gasteiger charge is -2.41. The van der Waals surface area contributed by atoms with E-state index in [9.17, 15) is 26.7 Å². The molecule has 204 valence electrons. The summed E-state index contributed by atoms with van der Waals surface area (Å²) in [5, 5.41) is 3.56. The molecule has 0 bridgehead atoms. The van der Waals surface area contributed by atoms with Crippen molar-refractivity contribution in [3.63, 3.8) is 0 Å². The fourth-order valence-electron chi connectivity index (χ4n) is 4.74. The second-order valence-electron chi connectivity index (χ2n) is 9.33. The molecule has 1 aliphatic heterocycles. The van der Waals surface area contributed by atoms with E-state index < -0.39 is 42.5 Å². The summed E-state index contributed by atoms with van der Waals surface area (Å²) in [6.07, 6.45) is -3.65. The number of fused-ring (bicyclic) bond motifs is 1. The number of anilines is 1. The average Bonchev–Trinajstić information content (AvgIpc) is 2.87. The number of carbonyl (C=O) groups is 1. The first kappa shape index (κ1) is 27.6. The predicted molar refractivity (Wildman–Crippen MR) is 131 cm³/mol. The molecule has 1 atom stereocenters. The number of nitrogens with zero attached hydrogens (tertiary/aromatic N) is 4. The number of nitrogens with one attached hydrogen (secondary N) is 1. The fourth-order valence-corrected chi connectivity index (χ4v) is 4.74. The third-order valence-corrected chi connectivity index (χ3v) is 6.78. The molecule has 3 heterocycles. The number of amides is 1. The van der Waals surface area contributed by atoms with Crippen LogP contribution in [0.3, 0.4) is 0 Å². The van der Waals surface area contributed by atoms with Crippen LogP contribution >= 0.6 is 0 Å². The van der Waals surface area contributed by atoms with Crippen LogP contribution in [0.4, 0.5) is 27.8 Å². The molecular formula is C26H28F5N5O2. The molecular weight excluding hydrogens is 509 g/mol. The highest BCUT2D eigenvalue weighted by Gasteiger charge is 2.40. The summed E-state index contributed by atoms with van der Waals surface area (Å²) in [5.41, 5.74) is -0.996. The zero-order chi connectivity index (χ0) is 27.6. The number of piperidine rings is 1. The molecule has 1 aromatic carbocycles. The van der Waals surface area contributed by atoms with E-state index in [4.69, 9.17) is 4.74 Å². The number of hydrogen-bond donors (Lipinski definition) is 1. The Kier molecular flexibility index (Phi) is 8.10. The molecule has 1 amide bonds. The van der Waals surface area contributed by atoms with Crippen LogP contribution in [0.2, 0.25) is 0 Å². The van der Waals surface area contributed by atoms with Crippen molar-refractivity contribution in [3.8, 4) is 0 Å². The molecule has 12 heteroatoms. The molecule has 0 spiro atoms. The highest BCUT2D eigenvalue weighted by Crippen LogP contribution is 2.38. The molecule has 0 radical (unpaired) electrons. The van der Waals surface area contributed by atoms with Crippen molar-refractivity contribution in [1.82, 2.24) is 19.9 Å². The molecule has 1 N–H and O–H groups in total. The van der Waals surface area contributed by atoms with E-state index in [0.717, 1.165) is 6.07 Å². The van der Waals surface area contributed by atoms with E-state index in [-0.39, 0.29) is 24.3 Å². The highest BCUT2D eigenvalue weighted by atomic mass is 19.3. The molecule has 3 aromatic rings. The maximum Gasteiger partial charge on any atom is 0.266 e. The SMILES string of the molecule is CC(=O)N1CCC(OCC(F)F)(c2cc3c(N[C@H](C)c4cccc(C(F)F)c4F)nc(C)nc3cn2)CC1. The van der Waals surface area contributed by atoms with Crippen LogP contribution in [-0.2, 0) is 15.1 Å². The van der Waals surface area contributed by atoms with E-state index in [1.54, 1.807) is 24.8 Å². The number of hydrogen-bond acceptors (Lipinski definition) is 6. The van der Waals surface area contributed by atoms with Crippen LogP contribution in [0.1, 0.15) is 61.8 Å². The smallest absolute Gasteiger partial charge is 0.266 e. The molecule has 38 heavy (non-hydrogen) atoms. The third-order valence-electron chi connectivity index (χ3n) is 6.78. The Morgan fingerprint density at radius 1 is 1.16 bits per heavy atom. The number of rotatable bonds is 8. The monoisotopic (exact) mass is 537 g/mol. The van der Waals surface area contributed by atoms with Crippen molar-refractivity contribution in [3.05, 3.63) is 58.9 Å². The zero-order valence-corrected chi connectivity index (χ0v) is 21.1. The van der Waals surface area contributed by atoms with Crippen molar-refractivity contribution in [2.45, 2.75) is 58.1 Å². The lowest BCUT2D eigenvalue weighted by atomic mass is 9.86. The maximum absolute atomic E-state index is 14.8.